The lowest BCUT2D eigenvalue weighted by Crippen LogP contribution is -2.63. The second kappa shape index (κ2) is 9.42. The van der Waals surface area contributed by atoms with E-state index >= 15 is 0 Å². The van der Waals surface area contributed by atoms with E-state index in [9.17, 15) is 19.2 Å². The first-order valence-electron chi connectivity index (χ1n) is 11.4. The number of aliphatic imine (C=N–C) groups is 1. The minimum absolute atomic E-state index is 0.0251. The highest BCUT2D eigenvalue weighted by Gasteiger charge is 2.50. The van der Waals surface area contributed by atoms with Gasteiger partial charge in [-0.2, -0.15) is 0 Å². The van der Waals surface area contributed by atoms with Crippen molar-refractivity contribution in [1.29, 1.82) is 0 Å². The highest BCUT2D eigenvalue weighted by molar-refractivity contribution is 6.32. The van der Waals surface area contributed by atoms with Crippen LogP contribution in [0.25, 0.3) is 0 Å². The first-order chi connectivity index (χ1) is 15.8. The fourth-order valence-electron chi connectivity index (χ4n) is 4.76. The number of rotatable bonds is 4. The zero-order valence-electron chi connectivity index (χ0n) is 19.4. The SMILES string of the molecule is CC(=O)N1CC[N+](=C2C(C)=CN=C3C2C(=O)N(CC(=O)NCC2CCCO2)C(=O)N3C)CC1. The summed E-state index contributed by atoms with van der Waals surface area (Å²) in [6.07, 6.45) is 3.49. The first-order valence-corrected chi connectivity index (χ1v) is 11.4. The Labute approximate surface area is 192 Å². The smallest absolute Gasteiger partial charge is 0.332 e. The van der Waals surface area contributed by atoms with E-state index in [1.807, 2.05) is 6.92 Å². The van der Waals surface area contributed by atoms with Gasteiger partial charge in [0.05, 0.1) is 19.2 Å². The number of nitrogens with one attached hydrogen (secondary N) is 1. The van der Waals surface area contributed by atoms with Gasteiger partial charge in [0.1, 0.15) is 12.4 Å². The van der Waals surface area contributed by atoms with Gasteiger partial charge >= 0.3 is 6.03 Å². The van der Waals surface area contributed by atoms with E-state index in [0.717, 1.165) is 29.0 Å². The number of hydrogen-bond acceptors (Lipinski definition) is 6. The van der Waals surface area contributed by atoms with Gasteiger partial charge in [-0.15, -0.1) is 0 Å². The van der Waals surface area contributed by atoms with Crippen LogP contribution in [-0.4, -0.2) is 114 Å². The van der Waals surface area contributed by atoms with Crippen LogP contribution in [0.1, 0.15) is 26.7 Å². The predicted molar refractivity (Wildman–Crippen MR) is 119 cm³/mol. The fraction of sp³-hybridized carbons (Fsp3) is 0.636. The van der Waals surface area contributed by atoms with Crippen molar-refractivity contribution in [3.8, 4) is 0 Å². The number of fused-ring (bicyclic) bond motifs is 1. The molecule has 0 aromatic heterocycles. The summed E-state index contributed by atoms with van der Waals surface area (Å²) in [7, 11) is 1.57. The lowest BCUT2D eigenvalue weighted by atomic mass is 9.90. The van der Waals surface area contributed by atoms with Crippen LogP contribution in [0, 0.1) is 5.92 Å². The third-order valence-corrected chi connectivity index (χ3v) is 6.62. The van der Waals surface area contributed by atoms with Crippen molar-refractivity contribution in [3.05, 3.63) is 11.8 Å². The molecule has 0 aliphatic carbocycles. The Bertz CT molecular complexity index is 954. The average molecular weight is 460 g/mol. The molecule has 5 amide bonds. The Kier molecular flexibility index (Phi) is 6.59. The molecule has 11 nitrogen and oxygen atoms in total. The number of carbonyl (C=O) groups excluding carboxylic acids is 4. The normalized spacial score (nSPS) is 25.7. The van der Waals surface area contributed by atoms with E-state index in [-0.39, 0.29) is 18.6 Å². The predicted octanol–water partition coefficient (Wildman–Crippen LogP) is -0.577. The van der Waals surface area contributed by atoms with E-state index in [4.69, 9.17) is 4.74 Å². The molecule has 4 rings (SSSR count). The molecular weight excluding hydrogens is 428 g/mol. The Morgan fingerprint density at radius 1 is 1.27 bits per heavy atom. The van der Waals surface area contributed by atoms with Gasteiger partial charge in [-0.1, -0.05) is 0 Å². The van der Waals surface area contributed by atoms with Crippen LogP contribution < -0.4 is 5.32 Å². The summed E-state index contributed by atoms with van der Waals surface area (Å²) in [5, 5.41) is 2.77. The third kappa shape index (κ3) is 4.54. The van der Waals surface area contributed by atoms with Crippen molar-refractivity contribution in [2.24, 2.45) is 10.9 Å². The van der Waals surface area contributed by atoms with Gasteiger partial charge in [0.15, 0.2) is 19.0 Å². The molecule has 33 heavy (non-hydrogen) atoms. The van der Waals surface area contributed by atoms with Crippen molar-refractivity contribution in [3.63, 3.8) is 0 Å². The number of carbonyl (C=O) groups is 4. The van der Waals surface area contributed by atoms with Gasteiger partial charge in [0.25, 0.3) is 5.91 Å². The van der Waals surface area contributed by atoms with Crippen molar-refractivity contribution in [2.45, 2.75) is 32.8 Å². The van der Waals surface area contributed by atoms with Crippen molar-refractivity contribution in [2.75, 3.05) is 52.9 Å². The van der Waals surface area contributed by atoms with E-state index < -0.39 is 23.8 Å². The first kappa shape index (κ1) is 23.1. The number of amidine groups is 1. The quantitative estimate of drug-likeness (QED) is 0.565. The molecule has 2 unspecified atom stereocenters. The molecule has 11 heteroatoms. The van der Waals surface area contributed by atoms with Crippen LogP contribution in [0.2, 0.25) is 0 Å². The molecule has 4 aliphatic rings. The topological polar surface area (TPSA) is 115 Å². The number of hydrogen-bond donors (Lipinski definition) is 1. The summed E-state index contributed by atoms with van der Waals surface area (Å²) in [4.78, 5) is 59.2. The molecular formula is C22H31N6O5+. The Morgan fingerprint density at radius 2 is 2.00 bits per heavy atom. The van der Waals surface area contributed by atoms with Crippen LogP contribution >= 0.6 is 0 Å². The standard InChI is InChI=1S/C22H30N6O5/c1-14-11-24-20-18(19(14)27-8-6-26(7-9-27)15(2)29)21(31)28(22(32)25(20)3)13-17(30)23-12-16-5-4-10-33-16/h11,16,18H,4-10,12-13H2,1-3H3/p+1. The molecule has 178 valence electrons. The van der Waals surface area contributed by atoms with Crippen LogP contribution in [-0.2, 0) is 19.1 Å². The summed E-state index contributed by atoms with van der Waals surface area (Å²) in [6.45, 7) is 6.40. The molecule has 1 N–H and O–H groups in total. The number of ether oxygens (including phenoxy) is 1. The summed E-state index contributed by atoms with van der Waals surface area (Å²) in [5.41, 5.74) is 1.61. The largest absolute Gasteiger partial charge is 0.376 e. The van der Waals surface area contributed by atoms with Gasteiger partial charge in [-0.05, 0) is 19.8 Å². The highest BCUT2D eigenvalue weighted by atomic mass is 16.5. The van der Waals surface area contributed by atoms with Gasteiger partial charge in [0.2, 0.25) is 17.5 Å². The number of urea groups is 1. The number of imide groups is 1. The molecule has 4 aliphatic heterocycles. The van der Waals surface area contributed by atoms with Crippen LogP contribution in [0.5, 0.6) is 0 Å². The number of amides is 5. The minimum atomic E-state index is -0.771. The van der Waals surface area contributed by atoms with Crippen molar-refractivity contribution >= 4 is 35.3 Å². The lowest BCUT2D eigenvalue weighted by molar-refractivity contribution is -0.539. The van der Waals surface area contributed by atoms with E-state index in [0.29, 0.717) is 45.2 Å². The molecule has 0 saturated carbocycles. The zero-order chi connectivity index (χ0) is 23.7. The molecule has 0 aromatic carbocycles. The van der Waals surface area contributed by atoms with E-state index in [1.54, 1.807) is 25.1 Å². The Morgan fingerprint density at radius 3 is 2.64 bits per heavy atom. The molecule has 4 heterocycles. The second-order valence-corrected chi connectivity index (χ2v) is 8.82. The van der Waals surface area contributed by atoms with E-state index in [2.05, 4.69) is 14.9 Å². The van der Waals surface area contributed by atoms with Gasteiger partial charge < -0.3 is 15.0 Å². The van der Waals surface area contributed by atoms with Crippen molar-refractivity contribution < 1.29 is 28.5 Å². The highest BCUT2D eigenvalue weighted by Crippen LogP contribution is 2.26. The van der Waals surface area contributed by atoms with E-state index in [1.165, 1.54) is 4.90 Å². The molecule has 0 radical (unpaired) electrons. The van der Waals surface area contributed by atoms with Crippen LogP contribution in [0.4, 0.5) is 4.79 Å². The number of allylic oxidation sites excluding steroid dienone is 1. The maximum absolute atomic E-state index is 13.5. The number of piperazine rings is 1. The molecule has 3 saturated heterocycles. The summed E-state index contributed by atoms with van der Waals surface area (Å²) >= 11 is 0. The Hall–Kier alpha value is -3.08. The molecule has 0 spiro atoms. The molecule has 0 aromatic rings. The second-order valence-electron chi connectivity index (χ2n) is 8.82. The fourth-order valence-corrected chi connectivity index (χ4v) is 4.76. The molecule has 2 atom stereocenters. The summed E-state index contributed by atoms with van der Waals surface area (Å²) in [6, 6.07) is -0.573. The summed E-state index contributed by atoms with van der Waals surface area (Å²) < 4.78 is 7.60. The van der Waals surface area contributed by atoms with Crippen LogP contribution in [0.15, 0.2) is 16.8 Å². The maximum atomic E-state index is 13.5. The molecule has 0 bridgehead atoms. The summed E-state index contributed by atoms with van der Waals surface area (Å²) in [5.74, 6) is -1.25. The third-order valence-electron chi connectivity index (χ3n) is 6.62. The van der Waals surface area contributed by atoms with Gasteiger partial charge in [-0.25, -0.2) is 14.4 Å². The number of nitrogens with zero attached hydrogens (tertiary/aromatic N) is 5. The van der Waals surface area contributed by atoms with Gasteiger partial charge in [-0.3, -0.25) is 24.2 Å². The van der Waals surface area contributed by atoms with Crippen molar-refractivity contribution in [1.82, 2.24) is 20.0 Å². The minimum Gasteiger partial charge on any atom is -0.376 e. The molecule has 3 fully saturated rings. The zero-order valence-corrected chi connectivity index (χ0v) is 19.4. The lowest BCUT2D eigenvalue weighted by Gasteiger charge is -2.38. The Balaban J connectivity index is 1.54. The van der Waals surface area contributed by atoms with Crippen LogP contribution in [0.3, 0.4) is 0 Å². The van der Waals surface area contributed by atoms with Gasteiger partial charge in [0, 0.05) is 38.9 Å². The monoisotopic (exact) mass is 459 g/mol. The average Bonchev–Trinajstić information content (AvgIpc) is 3.32. The maximum Gasteiger partial charge on any atom is 0.332 e.